The summed E-state index contributed by atoms with van der Waals surface area (Å²) >= 11 is 0. The van der Waals surface area contributed by atoms with Gasteiger partial charge in [0.05, 0.1) is 16.3 Å². The molecule has 3 nitrogen and oxygen atoms in total. The first-order valence-electron chi connectivity index (χ1n) is 4.24. The van der Waals surface area contributed by atoms with Crippen LogP contribution in [0.4, 0.5) is 0 Å². The summed E-state index contributed by atoms with van der Waals surface area (Å²) in [4.78, 5) is 11.6. The Balaban J connectivity index is 2.77. The van der Waals surface area contributed by atoms with Crippen molar-refractivity contribution in [3.63, 3.8) is 0 Å². The Morgan fingerprint density at radius 3 is 2.29 bits per heavy atom. The van der Waals surface area contributed by atoms with Gasteiger partial charge in [-0.3, -0.25) is 9.89 Å². The molecule has 0 saturated carbocycles. The Bertz CT molecular complexity index is 592. The van der Waals surface area contributed by atoms with Crippen molar-refractivity contribution in [2.24, 2.45) is 0 Å². The van der Waals surface area contributed by atoms with Crippen LogP contribution >= 0.6 is 0 Å². The Kier molecular flexibility index (Phi) is 1.85. The number of rotatable bonds is 1. The van der Waals surface area contributed by atoms with E-state index in [9.17, 15) is 4.79 Å². The number of benzene rings is 1. The predicted molar refractivity (Wildman–Crippen MR) is 56.7 cm³/mol. The van der Waals surface area contributed by atoms with Crippen LogP contribution in [-0.2, 0) is 0 Å². The number of aromatic nitrogens is 2. The summed E-state index contributed by atoms with van der Waals surface area (Å²) in [5.41, 5.74) is 0.638. The first-order valence-corrected chi connectivity index (χ1v) is 4.24. The average Bonchev–Trinajstić information content (AvgIpc) is 2.47. The molecule has 1 N–H and O–H groups in total. The Morgan fingerprint density at radius 1 is 1.14 bits per heavy atom. The summed E-state index contributed by atoms with van der Waals surface area (Å²) < 4.78 is 1.44. The molecule has 2 rings (SSSR count). The maximum absolute atomic E-state index is 11.6. The Hall–Kier alpha value is -2.03. The number of nitrogens with zero attached hydrogens (tertiary/aromatic N) is 1. The molecule has 1 aromatic heterocycles. The summed E-state index contributed by atoms with van der Waals surface area (Å²) in [6, 6.07) is 9.32. The molecule has 0 aliphatic heterocycles. The van der Waals surface area contributed by atoms with E-state index in [0.717, 1.165) is 5.69 Å². The highest BCUT2D eigenvalue weighted by Crippen LogP contribution is 1.99. The molecule has 1 aromatic carbocycles. The van der Waals surface area contributed by atoms with E-state index in [1.54, 1.807) is 0 Å². The second kappa shape index (κ2) is 3.03. The number of hydrogen-bond donors (Lipinski definition) is 1. The van der Waals surface area contributed by atoms with Crippen LogP contribution in [0.15, 0.2) is 35.1 Å². The average molecular weight is 186 g/mol. The van der Waals surface area contributed by atoms with Gasteiger partial charge in [0, 0.05) is 0 Å². The minimum atomic E-state index is -0.152. The van der Waals surface area contributed by atoms with Gasteiger partial charge in [0.1, 0.15) is 0 Å². The number of H-pyrrole nitrogens is 1. The van der Waals surface area contributed by atoms with E-state index < -0.39 is 0 Å². The summed E-state index contributed by atoms with van der Waals surface area (Å²) in [5, 5.41) is 3.82. The monoisotopic (exact) mass is 186 g/mol. The van der Waals surface area contributed by atoms with Crippen molar-refractivity contribution < 1.29 is 0 Å². The summed E-state index contributed by atoms with van der Waals surface area (Å²) in [7, 11) is 0. The standard InChI is InChI=1S/C11H10N2O/c1-8-9(2)12-13(11(8)14)10-6-4-3-5-7-10/h3-7,12H,1-2H2. The third kappa shape index (κ3) is 1.19. The molecule has 0 spiro atoms. The molecule has 1 heterocycles. The zero-order valence-electron chi connectivity index (χ0n) is 7.66. The van der Waals surface area contributed by atoms with Gasteiger partial charge in [0.2, 0.25) is 0 Å². The topological polar surface area (TPSA) is 37.8 Å². The second-order valence-electron chi connectivity index (χ2n) is 3.05. The maximum atomic E-state index is 11.6. The molecule has 0 atom stereocenters. The van der Waals surface area contributed by atoms with Crippen molar-refractivity contribution in [1.82, 2.24) is 9.78 Å². The van der Waals surface area contributed by atoms with Gasteiger partial charge >= 0.3 is 0 Å². The van der Waals surface area contributed by atoms with E-state index in [1.807, 2.05) is 30.3 Å². The lowest BCUT2D eigenvalue weighted by Crippen LogP contribution is -2.32. The van der Waals surface area contributed by atoms with E-state index in [1.165, 1.54) is 4.68 Å². The summed E-state index contributed by atoms with van der Waals surface area (Å²) in [5.74, 6) is 0. The lowest BCUT2D eigenvalue weighted by Gasteiger charge is -1.98. The number of aromatic amines is 1. The molecule has 0 bridgehead atoms. The molecule has 0 amide bonds. The Morgan fingerprint density at radius 2 is 1.79 bits per heavy atom. The predicted octanol–water partition coefficient (Wildman–Crippen LogP) is -0.0138. The number of nitrogens with one attached hydrogen (secondary N) is 1. The van der Waals surface area contributed by atoms with Gasteiger partial charge in [-0.2, -0.15) is 0 Å². The highest BCUT2D eigenvalue weighted by molar-refractivity contribution is 5.30. The SMILES string of the molecule is C=c1[nH]n(-c2ccccc2)c(=O)c1=C. The van der Waals surface area contributed by atoms with Crippen molar-refractivity contribution in [2.45, 2.75) is 0 Å². The molecular weight excluding hydrogens is 176 g/mol. The van der Waals surface area contributed by atoms with Gasteiger partial charge in [-0.15, -0.1) is 0 Å². The molecule has 70 valence electrons. The van der Waals surface area contributed by atoms with Crippen LogP contribution in [0, 0.1) is 0 Å². The van der Waals surface area contributed by atoms with Crippen molar-refractivity contribution in [1.29, 1.82) is 0 Å². The van der Waals surface area contributed by atoms with E-state index in [4.69, 9.17) is 0 Å². The highest BCUT2D eigenvalue weighted by Gasteiger charge is 2.00. The van der Waals surface area contributed by atoms with Crippen molar-refractivity contribution in [3.8, 4) is 5.69 Å². The zero-order valence-corrected chi connectivity index (χ0v) is 7.66. The van der Waals surface area contributed by atoms with Crippen LogP contribution in [0.5, 0.6) is 0 Å². The Labute approximate surface area is 80.6 Å². The molecule has 0 fully saturated rings. The lowest BCUT2D eigenvalue weighted by molar-refractivity contribution is 0.838. The van der Waals surface area contributed by atoms with Crippen molar-refractivity contribution in [2.75, 3.05) is 0 Å². The maximum Gasteiger partial charge on any atom is 0.278 e. The first-order chi connectivity index (χ1) is 6.70. The van der Waals surface area contributed by atoms with Gasteiger partial charge in [0.25, 0.3) is 5.56 Å². The van der Waals surface area contributed by atoms with Crippen LogP contribution in [-0.4, -0.2) is 9.78 Å². The van der Waals surface area contributed by atoms with Crippen LogP contribution in [0.2, 0.25) is 0 Å². The highest BCUT2D eigenvalue weighted by atomic mass is 16.1. The number of para-hydroxylation sites is 1. The van der Waals surface area contributed by atoms with Crippen molar-refractivity contribution >= 4 is 13.2 Å². The van der Waals surface area contributed by atoms with E-state index >= 15 is 0 Å². The normalized spacial score (nSPS) is 10.3. The summed E-state index contributed by atoms with van der Waals surface area (Å²) in [6.07, 6.45) is 0. The molecule has 0 unspecified atom stereocenters. The molecule has 2 aromatic rings. The van der Waals surface area contributed by atoms with Crippen LogP contribution in [0.3, 0.4) is 0 Å². The molecule has 0 aliphatic rings. The fourth-order valence-electron chi connectivity index (χ4n) is 1.28. The zero-order chi connectivity index (χ0) is 10.1. The van der Waals surface area contributed by atoms with Crippen LogP contribution in [0.25, 0.3) is 18.8 Å². The minimum absolute atomic E-state index is 0.152. The van der Waals surface area contributed by atoms with E-state index in [-0.39, 0.29) is 5.56 Å². The number of hydrogen-bond acceptors (Lipinski definition) is 1. The second-order valence-corrected chi connectivity index (χ2v) is 3.05. The van der Waals surface area contributed by atoms with Gasteiger partial charge < -0.3 is 0 Å². The quantitative estimate of drug-likeness (QED) is 0.668. The van der Waals surface area contributed by atoms with Gasteiger partial charge in [-0.1, -0.05) is 31.4 Å². The van der Waals surface area contributed by atoms with Gasteiger partial charge in [-0.25, -0.2) is 4.68 Å². The first kappa shape index (κ1) is 8.56. The molecule has 0 aliphatic carbocycles. The fourth-order valence-corrected chi connectivity index (χ4v) is 1.28. The lowest BCUT2D eigenvalue weighted by atomic mass is 10.3. The fraction of sp³-hybridized carbons (Fsp3) is 0. The smallest absolute Gasteiger partial charge is 0.278 e. The van der Waals surface area contributed by atoms with Crippen molar-refractivity contribution in [3.05, 3.63) is 51.3 Å². The van der Waals surface area contributed by atoms with E-state index in [2.05, 4.69) is 18.3 Å². The van der Waals surface area contributed by atoms with Gasteiger partial charge in [-0.05, 0) is 12.1 Å². The molecular formula is C11H10N2O. The minimum Gasteiger partial charge on any atom is -0.291 e. The van der Waals surface area contributed by atoms with E-state index in [0.29, 0.717) is 10.6 Å². The summed E-state index contributed by atoms with van der Waals surface area (Å²) in [6.45, 7) is 7.33. The third-order valence-electron chi connectivity index (χ3n) is 2.09. The largest absolute Gasteiger partial charge is 0.291 e. The van der Waals surface area contributed by atoms with Crippen LogP contribution < -0.4 is 16.1 Å². The van der Waals surface area contributed by atoms with Gasteiger partial charge in [0.15, 0.2) is 0 Å². The van der Waals surface area contributed by atoms with Crippen LogP contribution in [0.1, 0.15) is 0 Å². The molecule has 0 radical (unpaired) electrons. The molecule has 0 saturated heterocycles. The molecule has 3 heteroatoms. The third-order valence-corrected chi connectivity index (χ3v) is 2.09. The molecule has 14 heavy (non-hydrogen) atoms.